The van der Waals surface area contributed by atoms with Crippen molar-refractivity contribution in [3.8, 4) is 5.75 Å². The van der Waals surface area contributed by atoms with E-state index in [-0.39, 0.29) is 11.9 Å². The predicted octanol–water partition coefficient (Wildman–Crippen LogP) is 2.92. The Hall–Kier alpha value is -1.26. The van der Waals surface area contributed by atoms with E-state index in [1.54, 1.807) is 7.05 Å². The summed E-state index contributed by atoms with van der Waals surface area (Å²) in [5.41, 5.74) is 0.619. The number of benzene rings is 1. The molecule has 1 aromatic rings. The highest BCUT2D eigenvalue weighted by Gasteiger charge is 2.29. The molecule has 116 valence electrons. The third-order valence-corrected chi connectivity index (χ3v) is 4.19. The van der Waals surface area contributed by atoms with Crippen LogP contribution in [-0.2, 0) is 4.79 Å². The minimum atomic E-state index is -0.458. The molecule has 4 nitrogen and oxygen atoms in total. The fourth-order valence-corrected chi connectivity index (χ4v) is 2.81. The zero-order valence-electron chi connectivity index (χ0n) is 12.8. The lowest BCUT2D eigenvalue weighted by molar-refractivity contribution is -0.128. The number of fused-ring (bicyclic) bond motifs is 1. The fraction of sp³-hybridized carbons (Fsp3) is 0.562. The minimum absolute atomic E-state index is 0.0335. The Morgan fingerprint density at radius 2 is 2.24 bits per heavy atom. The van der Waals surface area contributed by atoms with Gasteiger partial charge in [-0.2, -0.15) is 0 Å². The van der Waals surface area contributed by atoms with E-state index < -0.39 is 5.41 Å². The maximum Gasteiger partial charge on any atom is 0.226 e. The normalized spacial score (nSPS) is 18.4. The van der Waals surface area contributed by atoms with E-state index in [1.807, 2.05) is 32.0 Å². The third-order valence-electron chi connectivity index (χ3n) is 3.89. The van der Waals surface area contributed by atoms with E-state index in [4.69, 9.17) is 16.3 Å². The fourth-order valence-electron chi connectivity index (χ4n) is 2.58. The largest absolute Gasteiger partial charge is 0.492 e. The van der Waals surface area contributed by atoms with E-state index in [1.165, 1.54) is 0 Å². The molecule has 0 aliphatic carbocycles. The molecule has 0 radical (unpaired) electrons. The Balaban J connectivity index is 2.14. The zero-order chi connectivity index (χ0) is 15.5. The molecule has 21 heavy (non-hydrogen) atoms. The molecule has 1 heterocycles. The van der Waals surface area contributed by atoms with Crippen molar-refractivity contribution in [2.24, 2.45) is 5.41 Å². The lowest BCUT2D eigenvalue weighted by Gasteiger charge is -2.27. The third kappa shape index (κ3) is 3.69. The summed E-state index contributed by atoms with van der Waals surface area (Å²) in [6.45, 7) is 5.15. The smallest absolute Gasteiger partial charge is 0.226 e. The summed E-state index contributed by atoms with van der Waals surface area (Å²) in [4.78, 5) is 11.9. The Kier molecular flexibility index (Phi) is 5.12. The first kappa shape index (κ1) is 16.1. The van der Waals surface area contributed by atoms with Crippen molar-refractivity contribution < 1.29 is 9.53 Å². The summed E-state index contributed by atoms with van der Waals surface area (Å²) in [6.07, 6.45) is 1.93. The molecular weight excluding hydrogens is 288 g/mol. The van der Waals surface area contributed by atoms with Crippen molar-refractivity contribution >= 4 is 17.5 Å². The molecule has 0 aromatic heterocycles. The van der Waals surface area contributed by atoms with Crippen LogP contribution in [0.4, 0.5) is 0 Å². The second-order valence-corrected chi connectivity index (χ2v) is 6.45. The van der Waals surface area contributed by atoms with Gasteiger partial charge in [-0.1, -0.05) is 23.7 Å². The first-order valence-corrected chi connectivity index (χ1v) is 7.70. The van der Waals surface area contributed by atoms with Crippen LogP contribution in [0.3, 0.4) is 0 Å². The average molecular weight is 311 g/mol. The Labute approximate surface area is 131 Å². The molecule has 2 N–H and O–H groups in total. The monoisotopic (exact) mass is 310 g/mol. The topological polar surface area (TPSA) is 50.4 Å². The number of carbonyl (C=O) groups excluding carboxylic acids is 1. The quantitative estimate of drug-likeness (QED) is 0.899. The van der Waals surface area contributed by atoms with Crippen LogP contribution in [0.2, 0.25) is 5.02 Å². The molecule has 0 fully saturated rings. The lowest BCUT2D eigenvalue weighted by atomic mass is 9.91. The molecule has 1 aliphatic rings. The predicted molar refractivity (Wildman–Crippen MR) is 84.8 cm³/mol. The standard InChI is InChI=1S/C16H23ClN2O2/c1-16(2,15(20)18-3)10-19-13-8-5-9-21-14-11(13)6-4-7-12(14)17/h4,6-7,13,19H,5,8-10H2,1-3H3,(H,18,20). The number of carbonyl (C=O) groups is 1. The summed E-state index contributed by atoms with van der Waals surface area (Å²) in [5, 5.41) is 6.86. The van der Waals surface area contributed by atoms with Gasteiger partial charge in [0.25, 0.3) is 0 Å². The van der Waals surface area contributed by atoms with Crippen molar-refractivity contribution in [2.45, 2.75) is 32.7 Å². The van der Waals surface area contributed by atoms with Crippen molar-refractivity contribution in [1.29, 1.82) is 0 Å². The summed E-state index contributed by atoms with van der Waals surface area (Å²) >= 11 is 6.23. The number of rotatable bonds is 4. The number of para-hydroxylation sites is 1. The Morgan fingerprint density at radius 3 is 2.95 bits per heavy atom. The van der Waals surface area contributed by atoms with Crippen LogP contribution in [0, 0.1) is 5.41 Å². The average Bonchev–Trinajstić information content (AvgIpc) is 2.67. The van der Waals surface area contributed by atoms with E-state index in [2.05, 4.69) is 10.6 Å². The van der Waals surface area contributed by atoms with Crippen LogP contribution in [0.15, 0.2) is 18.2 Å². The second-order valence-electron chi connectivity index (χ2n) is 6.05. The van der Waals surface area contributed by atoms with Crippen LogP contribution in [0.1, 0.15) is 38.3 Å². The molecule has 1 atom stereocenters. The van der Waals surface area contributed by atoms with Crippen LogP contribution < -0.4 is 15.4 Å². The lowest BCUT2D eigenvalue weighted by Crippen LogP contribution is -2.43. The highest BCUT2D eigenvalue weighted by molar-refractivity contribution is 6.32. The molecule has 1 aromatic carbocycles. The molecule has 0 saturated carbocycles. The van der Waals surface area contributed by atoms with Gasteiger partial charge in [-0.15, -0.1) is 0 Å². The highest BCUT2D eigenvalue weighted by Crippen LogP contribution is 2.37. The van der Waals surface area contributed by atoms with Gasteiger partial charge in [-0.3, -0.25) is 4.79 Å². The molecule has 1 amide bonds. The molecule has 1 aliphatic heterocycles. The second kappa shape index (κ2) is 6.67. The van der Waals surface area contributed by atoms with Crippen LogP contribution in [0.25, 0.3) is 0 Å². The minimum Gasteiger partial charge on any atom is -0.492 e. The number of nitrogens with one attached hydrogen (secondary N) is 2. The van der Waals surface area contributed by atoms with E-state index >= 15 is 0 Å². The zero-order valence-corrected chi connectivity index (χ0v) is 13.6. The van der Waals surface area contributed by atoms with Crippen LogP contribution >= 0.6 is 11.6 Å². The van der Waals surface area contributed by atoms with E-state index in [0.29, 0.717) is 18.2 Å². The summed E-state index contributed by atoms with van der Waals surface area (Å²) in [5.74, 6) is 0.804. The summed E-state index contributed by atoms with van der Waals surface area (Å²) < 4.78 is 5.76. The molecule has 1 unspecified atom stereocenters. The molecular formula is C16H23ClN2O2. The SMILES string of the molecule is CNC(=O)C(C)(C)CNC1CCCOc2c(Cl)cccc21. The van der Waals surface area contributed by atoms with Gasteiger partial charge in [0.1, 0.15) is 5.75 Å². The van der Waals surface area contributed by atoms with Crippen molar-refractivity contribution in [1.82, 2.24) is 10.6 Å². The van der Waals surface area contributed by atoms with Gasteiger partial charge < -0.3 is 15.4 Å². The maximum atomic E-state index is 11.9. The Bertz CT molecular complexity index is 517. The molecule has 0 spiro atoms. The molecule has 0 bridgehead atoms. The summed E-state index contributed by atoms with van der Waals surface area (Å²) in [6, 6.07) is 5.98. The number of hydrogen-bond donors (Lipinski definition) is 2. The van der Waals surface area contributed by atoms with E-state index in [0.717, 1.165) is 24.2 Å². The van der Waals surface area contributed by atoms with Gasteiger partial charge in [0.05, 0.1) is 17.0 Å². The molecule has 2 rings (SSSR count). The summed E-state index contributed by atoms with van der Waals surface area (Å²) in [7, 11) is 1.67. The van der Waals surface area contributed by atoms with Crippen LogP contribution in [-0.4, -0.2) is 26.1 Å². The van der Waals surface area contributed by atoms with Gasteiger partial charge in [-0.25, -0.2) is 0 Å². The number of amides is 1. The van der Waals surface area contributed by atoms with Crippen LogP contribution in [0.5, 0.6) is 5.75 Å². The van der Waals surface area contributed by atoms with Gasteiger partial charge in [0.2, 0.25) is 5.91 Å². The van der Waals surface area contributed by atoms with Crippen molar-refractivity contribution in [3.05, 3.63) is 28.8 Å². The van der Waals surface area contributed by atoms with Gasteiger partial charge in [0, 0.05) is 25.2 Å². The number of halogens is 1. The molecule has 0 saturated heterocycles. The van der Waals surface area contributed by atoms with Gasteiger partial charge in [0.15, 0.2) is 0 Å². The van der Waals surface area contributed by atoms with Gasteiger partial charge in [-0.05, 0) is 32.8 Å². The highest BCUT2D eigenvalue weighted by atomic mass is 35.5. The first-order chi connectivity index (χ1) is 9.95. The van der Waals surface area contributed by atoms with Gasteiger partial charge >= 0.3 is 0 Å². The first-order valence-electron chi connectivity index (χ1n) is 7.32. The molecule has 5 heteroatoms. The maximum absolute atomic E-state index is 11.9. The Morgan fingerprint density at radius 1 is 1.48 bits per heavy atom. The van der Waals surface area contributed by atoms with Crippen molar-refractivity contribution in [3.63, 3.8) is 0 Å². The number of hydrogen-bond acceptors (Lipinski definition) is 3. The number of ether oxygens (including phenoxy) is 1. The van der Waals surface area contributed by atoms with Crippen molar-refractivity contribution in [2.75, 3.05) is 20.2 Å². The van der Waals surface area contributed by atoms with E-state index in [9.17, 15) is 4.79 Å².